The van der Waals surface area contributed by atoms with Crippen molar-refractivity contribution in [2.45, 2.75) is 26.0 Å². The average Bonchev–Trinajstić information content (AvgIpc) is 2.78. The largest absolute Gasteiger partial charge is 0.393 e. The molecule has 1 aromatic rings. The van der Waals surface area contributed by atoms with Crippen LogP contribution >= 0.6 is 15.9 Å². The highest BCUT2D eigenvalue weighted by Crippen LogP contribution is 2.29. The van der Waals surface area contributed by atoms with Gasteiger partial charge in [0.15, 0.2) is 0 Å². The summed E-state index contributed by atoms with van der Waals surface area (Å²) in [6.07, 6.45) is 0.847. The summed E-state index contributed by atoms with van der Waals surface area (Å²) in [5, 5.41) is 9.60. The highest BCUT2D eigenvalue weighted by molar-refractivity contribution is 9.10. The molecule has 1 aliphatic heterocycles. The van der Waals surface area contributed by atoms with E-state index >= 15 is 0 Å². The average molecular weight is 299 g/mol. The van der Waals surface area contributed by atoms with Crippen molar-refractivity contribution in [3.63, 3.8) is 0 Å². The van der Waals surface area contributed by atoms with Gasteiger partial charge in [0.1, 0.15) is 0 Å². The summed E-state index contributed by atoms with van der Waals surface area (Å²) >= 11 is 3.54. The maximum atomic E-state index is 9.60. The smallest absolute Gasteiger partial charge is 0.0557 e. The first-order valence-corrected chi connectivity index (χ1v) is 6.82. The Morgan fingerprint density at radius 2 is 2.35 bits per heavy atom. The Labute approximate surface area is 111 Å². The lowest BCUT2D eigenvalue weighted by Gasteiger charge is -2.20. The molecule has 0 radical (unpaired) electrons. The second kappa shape index (κ2) is 5.38. The molecule has 2 atom stereocenters. The molecular formula is C13H19BrN2O. The van der Waals surface area contributed by atoms with Crippen LogP contribution in [0.5, 0.6) is 0 Å². The molecule has 94 valence electrons. The summed E-state index contributed by atoms with van der Waals surface area (Å²) in [5.41, 5.74) is 7.97. The Kier molecular flexibility index (Phi) is 4.07. The lowest BCUT2D eigenvalue weighted by atomic mass is 10.0. The molecule has 3 N–H and O–H groups in total. The van der Waals surface area contributed by atoms with Crippen molar-refractivity contribution in [3.8, 4) is 0 Å². The number of anilines is 1. The molecule has 1 aliphatic rings. The predicted molar refractivity (Wildman–Crippen MR) is 74.0 cm³/mol. The first-order chi connectivity index (χ1) is 8.11. The lowest BCUT2D eigenvalue weighted by Crippen LogP contribution is -2.23. The first-order valence-electron chi connectivity index (χ1n) is 6.03. The van der Waals surface area contributed by atoms with Gasteiger partial charge in [0, 0.05) is 35.7 Å². The van der Waals surface area contributed by atoms with E-state index in [9.17, 15) is 5.11 Å². The van der Waals surface area contributed by atoms with Gasteiger partial charge in [0.05, 0.1) is 6.10 Å². The molecule has 0 spiro atoms. The third kappa shape index (κ3) is 2.81. The maximum Gasteiger partial charge on any atom is 0.0557 e. The van der Waals surface area contributed by atoms with Gasteiger partial charge >= 0.3 is 0 Å². The number of benzene rings is 1. The van der Waals surface area contributed by atoms with Gasteiger partial charge in [-0.15, -0.1) is 0 Å². The SMILES string of the molecule is CC(O)C1CCN(c2ccc(CN)c(Br)c2)C1. The molecule has 2 rings (SSSR count). The molecule has 0 amide bonds. The maximum absolute atomic E-state index is 9.60. The first kappa shape index (κ1) is 12.9. The molecular weight excluding hydrogens is 280 g/mol. The minimum absolute atomic E-state index is 0.216. The van der Waals surface area contributed by atoms with E-state index in [0.29, 0.717) is 12.5 Å². The van der Waals surface area contributed by atoms with Crippen LogP contribution in [0, 0.1) is 5.92 Å². The summed E-state index contributed by atoms with van der Waals surface area (Å²) in [4.78, 5) is 2.32. The topological polar surface area (TPSA) is 49.5 Å². The van der Waals surface area contributed by atoms with E-state index in [-0.39, 0.29) is 6.10 Å². The minimum atomic E-state index is -0.216. The molecule has 1 heterocycles. The van der Waals surface area contributed by atoms with E-state index in [1.165, 1.54) is 5.69 Å². The number of rotatable bonds is 3. The van der Waals surface area contributed by atoms with Crippen molar-refractivity contribution >= 4 is 21.6 Å². The molecule has 1 fully saturated rings. The molecule has 1 aromatic carbocycles. The summed E-state index contributed by atoms with van der Waals surface area (Å²) in [7, 11) is 0. The van der Waals surface area contributed by atoms with Gasteiger partial charge in [-0.2, -0.15) is 0 Å². The van der Waals surface area contributed by atoms with Crippen LogP contribution in [-0.4, -0.2) is 24.3 Å². The predicted octanol–water partition coefficient (Wildman–Crippen LogP) is 2.11. The molecule has 3 nitrogen and oxygen atoms in total. The van der Waals surface area contributed by atoms with Gasteiger partial charge in [0.2, 0.25) is 0 Å². The number of nitrogens with two attached hydrogens (primary N) is 1. The van der Waals surface area contributed by atoms with Crippen LogP contribution in [0.2, 0.25) is 0 Å². The molecule has 0 aromatic heterocycles. The fourth-order valence-electron chi connectivity index (χ4n) is 2.31. The van der Waals surface area contributed by atoms with Gasteiger partial charge in [-0.1, -0.05) is 22.0 Å². The second-order valence-corrected chi connectivity index (χ2v) is 5.57. The van der Waals surface area contributed by atoms with Crippen LogP contribution in [0.3, 0.4) is 0 Å². The van der Waals surface area contributed by atoms with Gasteiger partial charge in [0.25, 0.3) is 0 Å². The summed E-state index contributed by atoms with van der Waals surface area (Å²) < 4.78 is 1.07. The number of hydrogen-bond acceptors (Lipinski definition) is 3. The Hall–Kier alpha value is -0.580. The molecule has 4 heteroatoms. The van der Waals surface area contributed by atoms with Crippen LogP contribution in [0.25, 0.3) is 0 Å². The monoisotopic (exact) mass is 298 g/mol. The van der Waals surface area contributed by atoms with E-state index in [0.717, 1.165) is 29.5 Å². The van der Waals surface area contributed by atoms with Crippen molar-refractivity contribution in [3.05, 3.63) is 28.2 Å². The van der Waals surface area contributed by atoms with Gasteiger partial charge in [-0.3, -0.25) is 0 Å². The highest BCUT2D eigenvalue weighted by atomic mass is 79.9. The van der Waals surface area contributed by atoms with Gasteiger partial charge < -0.3 is 15.7 Å². The van der Waals surface area contributed by atoms with Gasteiger partial charge in [-0.05, 0) is 31.0 Å². The fourth-order valence-corrected chi connectivity index (χ4v) is 2.84. The van der Waals surface area contributed by atoms with Crippen molar-refractivity contribution in [1.82, 2.24) is 0 Å². The zero-order valence-electron chi connectivity index (χ0n) is 10.1. The van der Waals surface area contributed by atoms with Crippen LogP contribution < -0.4 is 10.6 Å². The van der Waals surface area contributed by atoms with E-state index < -0.39 is 0 Å². The zero-order valence-corrected chi connectivity index (χ0v) is 11.7. The Morgan fingerprint density at radius 1 is 1.59 bits per heavy atom. The normalized spacial score (nSPS) is 21.9. The third-order valence-corrected chi connectivity index (χ3v) is 4.27. The number of halogens is 1. The lowest BCUT2D eigenvalue weighted by molar-refractivity contribution is 0.136. The summed E-state index contributed by atoms with van der Waals surface area (Å²) in [6, 6.07) is 6.29. The van der Waals surface area contributed by atoms with E-state index in [1.807, 2.05) is 6.92 Å². The van der Waals surface area contributed by atoms with Crippen LogP contribution in [0.15, 0.2) is 22.7 Å². The van der Waals surface area contributed by atoms with Gasteiger partial charge in [-0.25, -0.2) is 0 Å². The Bertz CT molecular complexity index is 395. The van der Waals surface area contributed by atoms with Crippen molar-refractivity contribution in [1.29, 1.82) is 0 Å². The number of nitrogens with zero attached hydrogens (tertiary/aromatic N) is 1. The molecule has 0 bridgehead atoms. The molecule has 1 saturated heterocycles. The fraction of sp³-hybridized carbons (Fsp3) is 0.538. The summed E-state index contributed by atoms with van der Waals surface area (Å²) in [6.45, 7) is 4.38. The molecule has 17 heavy (non-hydrogen) atoms. The van der Waals surface area contributed by atoms with Crippen LogP contribution in [0.4, 0.5) is 5.69 Å². The van der Waals surface area contributed by atoms with E-state index in [2.05, 4.69) is 39.0 Å². The van der Waals surface area contributed by atoms with Crippen molar-refractivity contribution in [2.75, 3.05) is 18.0 Å². The second-order valence-electron chi connectivity index (χ2n) is 4.72. The Morgan fingerprint density at radius 3 is 2.88 bits per heavy atom. The number of aliphatic hydroxyl groups is 1. The molecule has 0 saturated carbocycles. The quantitative estimate of drug-likeness (QED) is 0.899. The van der Waals surface area contributed by atoms with E-state index in [1.54, 1.807) is 0 Å². The number of hydrogen-bond donors (Lipinski definition) is 2. The van der Waals surface area contributed by atoms with E-state index in [4.69, 9.17) is 5.73 Å². The standard InChI is InChI=1S/C13H19BrN2O/c1-9(17)11-4-5-16(8-11)12-3-2-10(7-15)13(14)6-12/h2-3,6,9,11,17H,4-5,7-8,15H2,1H3. The van der Waals surface area contributed by atoms with Crippen LogP contribution in [0.1, 0.15) is 18.9 Å². The van der Waals surface area contributed by atoms with Crippen molar-refractivity contribution < 1.29 is 5.11 Å². The van der Waals surface area contributed by atoms with Crippen LogP contribution in [-0.2, 0) is 6.54 Å². The number of aliphatic hydroxyl groups excluding tert-OH is 1. The summed E-state index contributed by atoms with van der Waals surface area (Å²) in [5.74, 6) is 0.392. The Balaban J connectivity index is 2.11. The third-order valence-electron chi connectivity index (χ3n) is 3.53. The minimum Gasteiger partial charge on any atom is -0.393 e. The zero-order chi connectivity index (χ0) is 12.4. The van der Waals surface area contributed by atoms with Crippen molar-refractivity contribution in [2.24, 2.45) is 11.7 Å². The highest BCUT2D eigenvalue weighted by Gasteiger charge is 2.26. The molecule has 2 unspecified atom stereocenters. The molecule has 0 aliphatic carbocycles.